The Bertz CT molecular complexity index is 526. The van der Waals surface area contributed by atoms with E-state index in [0.717, 1.165) is 0 Å². The molecule has 1 aromatic heterocycles. The third-order valence-corrected chi connectivity index (χ3v) is 3.30. The number of H-pyrrole nitrogens is 1. The van der Waals surface area contributed by atoms with Crippen LogP contribution in [0.2, 0.25) is 0 Å². The van der Waals surface area contributed by atoms with Crippen LogP contribution in [-0.4, -0.2) is 39.0 Å². The summed E-state index contributed by atoms with van der Waals surface area (Å²) in [5, 5.41) is 0.388. The summed E-state index contributed by atoms with van der Waals surface area (Å²) >= 11 is 1.25. The van der Waals surface area contributed by atoms with Crippen molar-refractivity contribution in [2.45, 2.75) is 18.0 Å². The molecule has 0 aromatic carbocycles. The zero-order valence-electron chi connectivity index (χ0n) is 9.51. The fraction of sp³-hybridized carbons (Fsp3) is 0.400. The lowest BCUT2D eigenvalue weighted by Crippen LogP contribution is -2.31. The molecule has 8 heteroatoms. The van der Waals surface area contributed by atoms with Crippen molar-refractivity contribution in [2.75, 3.05) is 18.0 Å². The second-order valence-electron chi connectivity index (χ2n) is 3.76. The van der Waals surface area contributed by atoms with Gasteiger partial charge in [0.25, 0.3) is 5.56 Å². The van der Waals surface area contributed by atoms with Crippen LogP contribution in [-0.2, 0) is 9.59 Å². The van der Waals surface area contributed by atoms with Gasteiger partial charge in [-0.1, -0.05) is 11.8 Å². The highest BCUT2D eigenvalue weighted by Crippen LogP contribution is 2.16. The highest BCUT2D eigenvalue weighted by molar-refractivity contribution is 7.99. The van der Waals surface area contributed by atoms with Crippen LogP contribution in [0.5, 0.6) is 0 Å². The number of nitrogens with zero attached hydrogens (tertiary/aromatic N) is 2. The van der Waals surface area contributed by atoms with E-state index in [0.29, 0.717) is 17.5 Å². The van der Waals surface area contributed by atoms with Crippen LogP contribution in [0, 0.1) is 0 Å². The smallest absolute Gasteiger partial charge is 0.253 e. The Morgan fingerprint density at radius 2 is 2.00 bits per heavy atom. The minimum atomic E-state index is -0.321. The number of nitrogens with one attached hydrogen (secondary N) is 1. The summed E-state index contributed by atoms with van der Waals surface area (Å²) in [4.78, 5) is 41.5. The van der Waals surface area contributed by atoms with E-state index in [1.807, 2.05) is 0 Å². The number of nitrogen functional groups attached to an aromatic ring is 1. The molecule has 0 radical (unpaired) electrons. The van der Waals surface area contributed by atoms with Gasteiger partial charge >= 0.3 is 0 Å². The first kappa shape index (κ1) is 12.6. The summed E-state index contributed by atoms with van der Waals surface area (Å²) < 4.78 is 0. The van der Waals surface area contributed by atoms with Gasteiger partial charge in [-0.2, -0.15) is 0 Å². The van der Waals surface area contributed by atoms with Crippen LogP contribution in [0.3, 0.4) is 0 Å². The Morgan fingerprint density at radius 3 is 2.61 bits per heavy atom. The van der Waals surface area contributed by atoms with Gasteiger partial charge in [-0.15, -0.1) is 0 Å². The van der Waals surface area contributed by atoms with Crippen molar-refractivity contribution in [3.8, 4) is 0 Å². The second-order valence-corrected chi connectivity index (χ2v) is 4.85. The van der Waals surface area contributed by atoms with E-state index >= 15 is 0 Å². The molecule has 0 atom stereocenters. The molecule has 7 nitrogen and oxygen atoms in total. The Balaban J connectivity index is 1.90. The van der Waals surface area contributed by atoms with Gasteiger partial charge < -0.3 is 10.7 Å². The molecular weight excluding hydrogens is 256 g/mol. The van der Waals surface area contributed by atoms with Gasteiger partial charge in [0.1, 0.15) is 5.82 Å². The van der Waals surface area contributed by atoms with E-state index in [4.69, 9.17) is 5.73 Å². The minimum Gasteiger partial charge on any atom is -0.383 e. The molecule has 2 heterocycles. The van der Waals surface area contributed by atoms with E-state index in [9.17, 15) is 14.4 Å². The molecule has 96 valence electrons. The van der Waals surface area contributed by atoms with Gasteiger partial charge in [-0.3, -0.25) is 19.3 Å². The van der Waals surface area contributed by atoms with Gasteiger partial charge in [0, 0.05) is 31.2 Å². The summed E-state index contributed by atoms with van der Waals surface area (Å²) in [6.45, 7) is 0.320. The molecule has 2 rings (SSSR count). The fourth-order valence-corrected chi connectivity index (χ4v) is 2.44. The molecule has 0 saturated carbocycles. The van der Waals surface area contributed by atoms with E-state index in [2.05, 4.69) is 9.97 Å². The average molecular weight is 268 g/mol. The number of amides is 2. The lowest BCUT2D eigenvalue weighted by molar-refractivity contribution is -0.137. The Hall–Kier alpha value is -1.83. The number of thioether (sulfide) groups is 1. The van der Waals surface area contributed by atoms with Gasteiger partial charge in [-0.25, -0.2) is 4.98 Å². The highest BCUT2D eigenvalue weighted by atomic mass is 32.2. The number of aromatic nitrogens is 2. The topological polar surface area (TPSA) is 109 Å². The lowest BCUT2D eigenvalue weighted by atomic mass is 10.4. The molecule has 2 amide bonds. The normalized spacial score (nSPS) is 15.4. The number of hydrogen-bond acceptors (Lipinski definition) is 6. The third-order valence-electron chi connectivity index (χ3n) is 2.45. The molecule has 1 aliphatic heterocycles. The minimum absolute atomic E-state index is 0.144. The summed E-state index contributed by atoms with van der Waals surface area (Å²) in [6, 6.07) is 1.19. The first-order valence-corrected chi connectivity index (χ1v) is 6.37. The first-order valence-electron chi connectivity index (χ1n) is 5.39. The summed E-state index contributed by atoms with van der Waals surface area (Å²) in [5.41, 5.74) is 5.11. The maximum Gasteiger partial charge on any atom is 0.253 e. The maximum absolute atomic E-state index is 11.3. The molecule has 0 spiro atoms. The SMILES string of the molecule is Nc1cc(=O)[nH]c(SCCN2C(=O)CCC2=O)n1. The quantitative estimate of drug-likeness (QED) is 0.436. The van der Waals surface area contributed by atoms with Crippen LogP contribution in [0.1, 0.15) is 12.8 Å². The Morgan fingerprint density at radius 1 is 1.33 bits per heavy atom. The average Bonchev–Trinajstić information content (AvgIpc) is 2.59. The molecule has 1 fully saturated rings. The van der Waals surface area contributed by atoms with Crippen molar-refractivity contribution < 1.29 is 9.59 Å². The summed E-state index contributed by atoms with van der Waals surface area (Å²) in [6.07, 6.45) is 0.577. The molecule has 0 unspecified atom stereocenters. The number of likely N-dealkylation sites (tertiary alicyclic amines) is 1. The van der Waals surface area contributed by atoms with E-state index in [1.165, 1.54) is 22.7 Å². The zero-order valence-corrected chi connectivity index (χ0v) is 10.3. The number of rotatable bonds is 4. The Kier molecular flexibility index (Phi) is 3.66. The molecular formula is C10H12N4O3S. The van der Waals surface area contributed by atoms with Crippen LogP contribution >= 0.6 is 11.8 Å². The van der Waals surface area contributed by atoms with E-state index in [1.54, 1.807) is 0 Å². The maximum atomic E-state index is 11.3. The van der Waals surface area contributed by atoms with Crippen LogP contribution in [0.4, 0.5) is 5.82 Å². The number of anilines is 1. The van der Waals surface area contributed by atoms with Crippen LogP contribution in [0.15, 0.2) is 16.0 Å². The second kappa shape index (κ2) is 5.21. The Labute approximate surface area is 107 Å². The van der Waals surface area contributed by atoms with Gasteiger partial charge in [0.15, 0.2) is 5.16 Å². The third kappa shape index (κ3) is 2.89. The predicted octanol–water partition coefficient (Wildman–Crippen LogP) is -0.407. The van der Waals surface area contributed by atoms with Crippen molar-refractivity contribution in [3.63, 3.8) is 0 Å². The highest BCUT2D eigenvalue weighted by Gasteiger charge is 2.28. The number of imide groups is 1. The monoisotopic (exact) mass is 268 g/mol. The number of carbonyl (C=O) groups excluding carboxylic acids is 2. The molecule has 18 heavy (non-hydrogen) atoms. The number of aromatic amines is 1. The molecule has 1 aromatic rings. The van der Waals surface area contributed by atoms with E-state index < -0.39 is 0 Å². The molecule has 1 aliphatic rings. The van der Waals surface area contributed by atoms with E-state index in [-0.39, 0.29) is 36.0 Å². The van der Waals surface area contributed by atoms with Crippen LogP contribution in [0.25, 0.3) is 0 Å². The van der Waals surface area contributed by atoms with Gasteiger partial charge in [0.05, 0.1) is 0 Å². The van der Waals surface area contributed by atoms with Gasteiger partial charge in [-0.05, 0) is 0 Å². The van der Waals surface area contributed by atoms with Crippen molar-refractivity contribution in [1.82, 2.24) is 14.9 Å². The summed E-state index contributed by atoms with van der Waals surface area (Å²) in [7, 11) is 0. The number of carbonyl (C=O) groups is 2. The predicted molar refractivity (Wildman–Crippen MR) is 65.9 cm³/mol. The molecule has 0 bridgehead atoms. The zero-order chi connectivity index (χ0) is 13.1. The molecule has 1 saturated heterocycles. The fourth-order valence-electron chi connectivity index (χ4n) is 1.63. The lowest BCUT2D eigenvalue weighted by Gasteiger charge is -2.12. The standard InChI is InChI=1S/C10H12N4O3S/c11-6-5-7(15)13-10(12-6)18-4-3-14-8(16)1-2-9(14)17/h5H,1-4H2,(H3,11,12,13,15). The number of hydrogen-bond donors (Lipinski definition) is 2. The first-order chi connectivity index (χ1) is 8.56. The molecule has 3 N–H and O–H groups in total. The molecule has 0 aliphatic carbocycles. The summed E-state index contributed by atoms with van der Waals surface area (Å²) in [5.74, 6) is 0.336. The van der Waals surface area contributed by atoms with Crippen molar-refractivity contribution in [3.05, 3.63) is 16.4 Å². The van der Waals surface area contributed by atoms with Crippen molar-refractivity contribution in [1.29, 1.82) is 0 Å². The van der Waals surface area contributed by atoms with Crippen molar-refractivity contribution >= 4 is 29.4 Å². The number of nitrogens with two attached hydrogens (primary N) is 1. The van der Waals surface area contributed by atoms with Crippen molar-refractivity contribution in [2.24, 2.45) is 0 Å². The van der Waals surface area contributed by atoms with Gasteiger partial charge in [0.2, 0.25) is 11.8 Å². The van der Waals surface area contributed by atoms with Crippen LogP contribution < -0.4 is 11.3 Å². The largest absolute Gasteiger partial charge is 0.383 e.